The van der Waals surface area contributed by atoms with Crippen LogP contribution in [0.3, 0.4) is 0 Å². The fourth-order valence-corrected chi connectivity index (χ4v) is 2.64. The van der Waals surface area contributed by atoms with E-state index in [1.54, 1.807) is 0 Å². The number of alkyl halides is 1. The van der Waals surface area contributed by atoms with E-state index < -0.39 is 0 Å². The molecule has 0 amide bonds. The van der Waals surface area contributed by atoms with Gasteiger partial charge in [0.05, 0.1) is 13.0 Å². The van der Waals surface area contributed by atoms with Gasteiger partial charge in [-0.05, 0) is 18.8 Å². The zero-order valence-electron chi connectivity index (χ0n) is 6.84. The SMILES string of the molecule is COC(=O)C1C[C@@H](Br)C[C@@H]1C. The quantitative estimate of drug-likeness (QED) is 0.499. The summed E-state index contributed by atoms with van der Waals surface area (Å²) in [6.07, 6.45) is 2.01. The summed E-state index contributed by atoms with van der Waals surface area (Å²) in [6.45, 7) is 2.10. The molecule has 1 unspecified atom stereocenters. The van der Waals surface area contributed by atoms with Gasteiger partial charge in [0, 0.05) is 4.83 Å². The maximum Gasteiger partial charge on any atom is 0.308 e. The molecule has 0 aromatic carbocycles. The Labute approximate surface area is 75.4 Å². The van der Waals surface area contributed by atoms with Gasteiger partial charge in [0.1, 0.15) is 0 Å². The molecule has 3 atom stereocenters. The number of carbonyl (C=O) groups excluding carboxylic acids is 1. The van der Waals surface area contributed by atoms with Crippen LogP contribution >= 0.6 is 15.9 Å². The number of halogens is 1. The van der Waals surface area contributed by atoms with Crippen molar-refractivity contribution in [3.8, 4) is 0 Å². The number of esters is 1. The molecule has 2 nitrogen and oxygen atoms in total. The van der Waals surface area contributed by atoms with Gasteiger partial charge in [-0.3, -0.25) is 4.79 Å². The van der Waals surface area contributed by atoms with Crippen molar-refractivity contribution >= 4 is 21.9 Å². The highest BCUT2D eigenvalue weighted by molar-refractivity contribution is 9.09. The molecule has 0 aromatic rings. The number of hydrogen-bond donors (Lipinski definition) is 0. The maximum absolute atomic E-state index is 11.1. The Balaban J connectivity index is 2.52. The first-order valence-corrected chi connectivity index (χ1v) is 4.78. The molecule has 1 aliphatic carbocycles. The van der Waals surface area contributed by atoms with E-state index in [1.165, 1.54) is 7.11 Å². The first-order valence-electron chi connectivity index (χ1n) is 3.87. The van der Waals surface area contributed by atoms with Crippen molar-refractivity contribution in [1.82, 2.24) is 0 Å². The standard InChI is InChI=1S/C8H13BrO2/c1-5-3-6(9)4-7(5)8(10)11-2/h5-7H,3-4H2,1-2H3/t5-,6-,7?/m0/s1. The lowest BCUT2D eigenvalue weighted by atomic mass is 9.99. The molecule has 1 fully saturated rings. The Kier molecular flexibility index (Phi) is 2.93. The van der Waals surface area contributed by atoms with Crippen molar-refractivity contribution in [2.45, 2.75) is 24.6 Å². The summed E-state index contributed by atoms with van der Waals surface area (Å²) < 4.78 is 4.69. The average molecular weight is 221 g/mol. The van der Waals surface area contributed by atoms with Gasteiger partial charge in [-0.1, -0.05) is 22.9 Å². The highest BCUT2D eigenvalue weighted by atomic mass is 79.9. The summed E-state index contributed by atoms with van der Waals surface area (Å²) >= 11 is 3.51. The summed E-state index contributed by atoms with van der Waals surface area (Å²) in [5, 5.41) is 0. The van der Waals surface area contributed by atoms with Crippen LogP contribution in [0.4, 0.5) is 0 Å². The van der Waals surface area contributed by atoms with Gasteiger partial charge < -0.3 is 4.74 Å². The van der Waals surface area contributed by atoms with Gasteiger partial charge in [-0.2, -0.15) is 0 Å². The van der Waals surface area contributed by atoms with E-state index in [0.29, 0.717) is 10.7 Å². The van der Waals surface area contributed by atoms with Crippen LogP contribution < -0.4 is 0 Å². The van der Waals surface area contributed by atoms with E-state index in [2.05, 4.69) is 22.9 Å². The Hall–Kier alpha value is -0.0500. The number of rotatable bonds is 1. The average Bonchev–Trinajstić information content (AvgIpc) is 2.28. The summed E-state index contributed by atoms with van der Waals surface area (Å²) in [7, 11) is 1.45. The van der Waals surface area contributed by atoms with Gasteiger partial charge in [-0.15, -0.1) is 0 Å². The molecule has 0 radical (unpaired) electrons. The lowest BCUT2D eigenvalue weighted by Gasteiger charge is -2.10. The minimum Gasteiger partial charge on any atom is -0.469 e. The lowest BCUT2D eigenvalue weighted by molar-refractivity contribution is -0.146. The molecule has 0 aliphatic heterocycles. The number of carbonyl (C=O) groups is 1. The largest absolute Gasteiger partial charge is 0.469 e. The second-order valence-electron chi connectivity index (χ2n) is 3.18. The Morgan fingerprint density at radius 1 is 1.55 bits per heavy atom. The van der Waals surface area contributed by atoms with Crippen LogP contribution in [0.15, 0.2) is 0 Å². The second-order valence-corrected chi connectivity index (χ2v) is 4.47. The first kappa shape index (κ1) is 9.04. The molecule has 0 N–H and O–H groups in total. The van der Waals surface area contributed by atoms with Gasteiger partial charge in [0.15, 0.2) is 0 Å². The van der Waals surface area contributed by atoms with Crippen LogP contribution in [0.1, 0.15) is 19.8 Å². The van der Waals surface area contributed by atoms with E-state index in [0.717, 1.165) is 12.8 Å². The molecular formula is C8H13BrO2. The Bertz CT molecular complexity index is 158. The molecule has 1 aliphatic rings. The number of methoxy groups -OCH3 is 1. The summed E-state index contributed by atoms with van der Waals surface area (Å²) in [6, 6.07) is 0. The van der Waals surface area contributed by atoms with E-state index >= 15 is 0 Å². The minimum atomic E-state index is -0.0561. The Morgan fingerprint density at radius 2 is 2.18 bits per heavy atom. The normalized spacial score (nSPS) is 37.2. The summed E-state index contributed by atoms with van der Waals surface area (Å²) in [5.41, 5.74) is 0. The molecular weight excluding hydrogens is 208 g/mol. The predicted octanol–water partition coefficient (Wildman–Crippen LogP) is 1.97. The fourth-order valence-electron chi connectivity index (χ4n) is 1.65. The Morgan fingerprint density at radius 3 is 2.55 bits per heavy atom. The van der Waals surface area contributed by atoms with Crippen LogP contribution in [-0.4, -0.2) is 17.9 Å². The van der Waals surface area contributed by atoms with Crippen LogP contribution in [0.5, 0.6) is 0 Å². The van der Waals surface area contributed by atoms with Gasteiger partial charge >= 0.3 is 5.97 Å². The molecule has 3 heteroatoms. The van der Waals surface area contributed by atoms with E-state index in [9.17, 15) is 4.79 Å². The molecule has 0 aromatic heterocycles. The van der Waals surface area contributed by atoms with Gasteiger partial charge in [0.25, 0.3) is 0 Å². The second kappa shape index (κ2) is 3.57. The molecule has 64 valence electrons. The van der Waals surface area contributed by atoms with E-state index in [1.807, 2.05) is 0 Å². The van der Waals surface area contributed by atoms with E-state index in [-0.39, 0.29) is 11.9 Å². The van der Waals surface area contributed by atoms with Crippen LogP contribution in [-0.2, 0) is 9.53 Å². The zero-order valence-corrected chi connectivity index (χ0v) is 8.43. The molecule has 0 bridgehead atoms. The topological polar surface area (TPSA) is 26.3 Å². The lowest BCUT2D eigenvalue weighted by Crippen LogP contribution is -2.18. The number of hydrogen-bond acceptors (Lipinski definition) is 2. The monoisotopic (exact) mass is 220 g/mol. The molecule has 1 saturated carbocycles. The zero-order chi connectivity index (χ0) is 8.43. The van der Waals surface area contributed by atoms with Crippen molar-refractivity contribution in [2.75, 3.05) is 7.11 Å². The van der Waals surface area contributed by atoms with Crippen LogP contribution in [0.2, 0.25) is 0 Å². The predicted molar refractivity (Wildman–Crippen MR) is 46.6 cm³/mol. The smallest absolute Gasteiger partial charge is 0.308 e. The molecule has 0 spiro atoms. The third-order valence-electron chi connectivity index (χ3n) is 2.33. The highest BCUT2D eigenvalue weighted by Gasteiger charge is 2.35. The minimum absolute atomic E-state index is 0.0561. The number of ether oxygens (including phenoxy) is 1. The molecule has 0 saturated heterocycles. The van der Waals surface area contributed by atoms with Gasteiger partial charge in [-0.25, -0.2) is 0 Å². The first-order chi connectivity index (χ1) is 5.15. The van der Waals surface area contributed by atoms with Crippen LogP contribution in [0.25, 0.3) is 0 Å². The van der Waals surface area contributed by atoms with Crippen molar-refractivity contribution in [1.29, 1.82) is 0 Å². The molecule has 0 heterocycles. The molecule has 11 heavy (non-hydrogen) atoms. The van der Waals surface area contributed by atoms with Crippen LogP contribution in [0, 0.1) is 11.8 Å². The van der Waals surface area contributed by atoms with Crippen molar-refractivity contribution in [3.05, 3.63) is 0 Å². The fraction of sp³-hybridized carbons (Fsp3) is 0.875. The van der Waals surface area contributed by atoms with Gasteiger partial charge in [0.2, 0.25) is 0 Å². The maximum atomic E-state index is 11.1. The molecule has 1 rings (SSSR count). The summed E-state index contributed by atoms with van der Waals surface area (Å²) in [5.74, 6) is 0.524. The highest BCUT2D eigenvalue weighted by Crippen LogP contribution is 2.36. The van der Waals surface area contributed by atoms with Crippen molar-refractivity contribution in [2.24, 2.45) is 11.8 Å². The van der Waals surface area contributed by atoms with E-state index in [4.69, 9.17) is 4.74 Å². The third kappa shape index (κ3) is 1.95. The van der Waals surface area contributed by atoms with Crippen molar-refractivity contribution in [3.63, 3.8) is 0 Å². The third-order valence-corrected chi connectivity index (χ3v) is 3.08. The van der Waals surface area contributed by atoms with Crippen molar-refractivity contribution < 1.29 is 9.53 Å². The summed E-state index contributed by atoms with van der Waals surface area (Å²) in [4.78, 5) is 11.6.